The van der Waals surface area contributed by atoms with Crippen LogP contribution in [0.25, 0.3) is 5.57 Å². The third-order valence-corrected chi connectivity index (χ3v) is 5.83. The molecule has 0 atom stereocenters. The molecule has 0 spiro atoms. The molecule has 8 heteroatoms. The number of aromatic nitrogens is 2. The first-order valence-electron chi connectivity index (χ1n) is 9.08. The Labute approximate surface area is 167 Å². The number of rotatable bonds is 2. The van der Waals surface area contributed by atoms with Gasteiger partial charge in [0.25, 0.3) is 0 Å². The number of carbonyl (C=O) groups is 2. The SMILES string of the molecule is CN1CCC(=C2c3ccsc3CCn3ccnc32)CC1.O=C(O)C=CC(=O)O. The fourth-order valence-electron chi connectivity index (χ4n) is 3.45. The van der Waals surface area contributed by atoms with Crippen molar-refractivity contribution in [3.05, 3.63) is 57.8 Å². The van der Waals surface area contributed by atoms with Crippen LogP contribution in [0.5, 0.6) is 0 Å². The van der Waals surface area contributed by atoms with Crippen LogP contribution in [-0.4, -0.2) is 56.7 Å². The Bertz CT molecular complexity index is 855. The number of aryl methyl sites for hydroxylation is 2. The van der Waals surface area contributed by atoms with Crippen LogP contribution in [0.1, 0.15) is 29.1 Å². The van der Waals surface area contributed by atoms with Gasteiger partial charge in [0, 0.05) is 61.1 Å². The molecule has 4 heterocycles. The van der Waals surface area contributed by atoms with Gasteiger partial charge in [-0.05, 0) is 36.9 Å². The maximum atomic E-state index is 9.55. The number of carboxylic acid groups (broad SMARTS) is 2. The first kappa shape index (κ1) is 20.0. The molecule has 148 valence electrons. The predicted octanol–water partition coefficient (Wildman–Crippen LogP) is 2.74. The number of imidazole rings is 1. The van der Waals surface area contributed by atoms with Crippen molar-refractivity contribution in [2.24, 2.45) is 0 Å². The second-order valence-electron chi connectivity index (χ2n) is 6.74. The molecule has 0 radical (unpaired) electrons. The van der Waals surface area contributed by atoms with Crippen LogP contribution in [0.2, 0.25) is 0 Å². The molecule has 0 unspecified atom stereocenters. The topological polar surface area (TPSA) is 95.7 Å². The molecule has 0 bridgehead atoms. The molecule has 4 rings (SSSR count). The van der Waals surface area contributed by atoms with Crippen LogP contribution in [0, 0.1) is 0 Å². The standard InChI is InChI=1S/C16H19N3S.C4H4O4/c1-18-7-2-12(3-8-18)15-13-5-11-20-14(13)4-9-19-10-6-17-16(15)19;5-3(6)1-2-4(7)8/h5-6,10-11H,2-4,7-9H2,1H3;1-2H,(H,5,6)(H,7,8). The highest BCUT2D eigenvalue weighted by molar-refractivity contribution is 7.10. The zero-order valence-electron chi connectivity index (χ0n) is 15.7. The molecule has 1 fully saturated rings. The summed E-state index contributed by atoms with van der Waals surface area (Å²) in [7, 11) is 2.21. The van der Waals surface area contributed by atoms with E-state index in [2.05, 4.69) is 39.1 Å². The fourth-order valence-corrected chi connectivity index (χ4v) is 4.32. The molecule has 2 aromatic rings. The fraction of sp³-hybridized carbons (Fsp3) is 0.350. The van der Waals surface area contributed by atoms with Crippen LogP contribution in [0.4, 0.5) is 0 Å². The summed E-state index contributed by atoms with van der Waals surface area (Å²) >= 11 is 1.90. The number of piperidine rings is 1. The molecule has 0 saturated carbocycles. The van der Waals surface area contributed by atoms with Gasteiger partial charge in [-0.15, -0.1) is 11.3 Å². The molecule has 0 amide bonds. The van der Waals surface area contributed by atoms with Crippen molar-refractivity contribution in [3.8, 4) is 0 Å². The Kier molecular flexibility index (Phi) is 6.43. The summed E-state index contributed by atoms with van der Waals surface area (Å²) in [5.41, 5.74) is 4.47. The monoisotopic (exact) mass is 401 g/mol. The lowest BCUT2D eigenvalue weighted by atomic mass is 9.93. The van der Waals surface area contributed by atoms with E-state index in [0.29, 0.717) is 12.2 Å². The molecule has 7 nitrogen and oxygen atoms in total. The lowest BCUT2D eigenvalue weighted by Gasteiger charge is -2.26. The van der Waals surface area contributed by atoms with Crippen molar-refractivity contribution < 1.29 is 19.8 Å². The largest absolute Gasteiger partial charge is 0.478 e. The summed E-state index contributed by atoms with van der Waals surface area (Å²) in [5.74, 6) is -1.33. The third kappa shape index (κ3) is 4.76. The maximum Gasteiger partial charge on any atom is 0.328 e. The zero-order chi connectivity index (χ0) is 20.1. The molecule has 2 aliphatic rings. The van der Waals surface area contributed by atoms with Gasteiger partial charge in [0.05, 0.1) is 0 Å². The smallest absolute Gasteiger partial charge is 0.328 e. The average Bonchev–Trinajstić information content (AvgIpc) is 3.28. The van der Waals surface area contributed by atoms with Crippen molar-refractivity contribution in [3.63, 3.8) is 0 Å². The summed E-state index contributed by atoms with van der Waals surface area (Å²) in [6.45, 7) is 3.39. The van der Waals surface area contributed by atoms with Gasteiger partial charge in [-0.3, -0.25) is 0 Å². The van der Waals surface area contributed by atoms with Crippen molar-refractivity contribution in [1.82, 2.24) is 14.5 Å². The van der Waals surface area contributed by atoms with E-state index in [1.807, 2.05) is 17.5 Å². The normalized spacial score (nSPS) is 16.8. The summed E-state index contributed by atoms with van der Waals surface area (Å²) in [4.78, 5) is 27.7. The second-order valence-corrected chi connectivity index (χ2v) is 7.74. The van der Waals surface area contributed by atoms with Crippen LogP contribution in [0.15, 0.2) is 41.6 Å². The zero-order valence-corrected chi connectivity index (χ0v) is 16.5. The van der Waals surface area contributed by atoms with Crippen LogP contribution < -0.4 is 0 Å². The van der Waals surface area contributed by atoms with Crippen molar-refractivity contribution >= 4 is 28.8 Å². The molecule has 0 aromatic carbocycles. The molecule has 2 aliphatic heterocycles. The van der Waals surface area contributed by atoms with Gasteiger partial charge in [-0.2, -0.15) is 0 Å². The number of nitrogens with zero attached hydrogens (tertiary/aromatic N) is 3. The van der Waals surface area contributed by atoms with Gasteiger partial charge < -0.3 is 19.7 Å². The van der Waals surface area contributed by atoms with Crippen LogP contribution in [-0.2, 0) is 22.6 Å². The van der Waals surface area contributed by atoms with Crippen molar-refractivity contribution in [2.75, 3.05) is 20.1 Å². The highest BCUT2D eigenvalue weighted by Gasteiger charge is 2.24. The van der Waals surface area contributed by atoms with E-state index in [1.54, 1.807) is 5.57 Å². The maximum absolute atomic E-state index is 9.55. The van der Waals surface area contributed by atoms with E-state index in [9.17, 15) is 9.59 Å². The Hall–Kier alpha value is -2.71. The number of carboxylic acids is 2. The number of aliphatic carboxylic acids is 2. The first-order valence-corrected chi connectivity index (χ1v) is 9.96. The van der Waals surface area contributed by atoms with Gasteiger partial charge in [-0.25, -0.2) is 14.6 Å². The Morgan fingerprint density at radius 3 is 2.43 bits per heavy atom. The third-order valence-electron chi connectivity index (χ3n) is 4.85. The van der Waals surface area contributed by atoms with E-state index in [4.69, 9.17) is 10.2 Å². The van der Waals surface area contributed by atoms with Gasteiger partial charge in [0.1, 0.15) is 5.82 Å². The van der Waals surface area contributed by atoms with Gasteiger partial charge in [0.2, 0.25) is 0 Å². The van der Waals surface area contributed by atoms with E-state index in [1.165, 1.54) is 47.8 Å². The Morgan fingerprint density at radius 1 is 1.11 bits per heavy atom. The molecule has 2 N–H and O–H groups in total. The van der Waals surface area contributed by atoms with Crippen LogP contribution >= 0.6 is 11.3 Å². The first-order chi connectivity index (χ1) is 13.5. The summed E-state index contributed by atoms with van der Waals surface area (Å²) < 4.78 is 2.33. The minimum Gasteiger partial charge on any atom is -0.478 e. The molecule has 2 aromatic heterocycles. The number of likely N-dealkylation sites (tertiary alicyclic amines) is 1. The highest BCUT2D eigenvalue weighted by Crippen LogP contribution is 2.37. The minimum atomic E-state index is -1.26. The van der Waals surface area contributed by atoms with Gasteiger partial charge >= 0.3 is 11.9 Å². The van der Waals surface area contributed by atoms with E-state index in [-0.39, 0.29) is 0 Å². The number of hydrogen-bond acceptors (Lipinski definition) is 5. The highest BCUT2D eigenvalue weighted by atomic mass is 32.1. The Balaban J connectivity index is 0.000000242. The lowest BCUT2D eigenvalue weighted by molar-refractivity contribution is -0.134. The molecule has 1 saturated heterocycles. The Morgan fingerprint density at radius 2 is 1.79 bits per heavy atom. The summed E-state index contributed by atoms with van der Waals surface area (Å²) in [6, 6.07) is 2.30. The number of fused-ring (bicyclic) bond motifs is 2. The quantitative estimate of drug-likeness (QED) is 0.752. The molecule has 0 aliphatic carbocycles. The van der Waals surface area contributed by atoms with Gasteiger partial charge in [-0.1, -0.05) is 5.57 Å². The van der Waals surface area contributed by atoms with E-state index in [0.717, 1.165) is 13.0 Å². The lowest BCUT2D eigenvalue weighted by Crippen LogP contribution is -2.27. The number of thiophene rings is 1. The molecular formula is C20H23N3O4S. The summed E-state index contributed by atoms with van der Waals surface area (Å²) in [6.07, 6.45) is 8.67. The van der Waals surface area contributed by atoms with Crippen molar-refractivity contribution in [2.45, 2.75) is 25.8 Å². The minimum absolute atomic E-state index is 0.558. The molecular weight excluding hydrogens is 378 g/mol. The predicted molar refractivity (Wildman–Crippen MR) is 107 cm³/mol. The van der Waals surface area contributed by atoms with Gasteiger partial charge in [0.15, 0.2) is 0 Å². The number of hydrogen-bond donors (Lipinski definition) is 2. The summed E-state index contributed by atoms with van der Waals surface area (Å²) in [5, 5.41) is 17.9. The van der Waals surface area contributed by atoms with E-state index < -0.39 is 11.9 Å². The van der Waals surface area contributed by atoms with Crippen LogP contribution in [0.3, 0.4) is 0 Å². The second kappa shape index (κ2) is 8.99. The molecule has 28 heavy (non-hydrogen) atoms. The van der Waals surface area contributed by atoms with E-state index >= 15 is 0 Å². The average molecular weight is 401 g/mol. The van der Waals surface area contributed by atoms with Crippen molar-refractivity contribution in [1.29, 1.82) is 0 Å².